The third-order valence-electron chi connectivity index (χ3n) is 3.97. The number of rotatable bonds is 3. The molecule has 0 spiro atoms. The quantitative estimate of drug-likeness (QED) is 0.636. The van der Waals surface area contributed by atoms with Crippen LogP contribution in [0.2, 0.25) is 0 Å². The topological polar surface area (TPSA) is 64.7 Å². The summed E-state index contributed by atoms with van der Waals surface area (Å²) >= 11 is 0. The van der Waals surface area contributed by atoms with Crippen LogP contribution < -0.4 is 10.6 Å². The maximum absolute atomic E-state index is 11.9. The number of nitrogens with zero attached hydrogens (tertiary/aromatic N) is 2. The first-order chi connectivity index (χ1) is 9.20. The number of carbonyl (C=O) groups is 2. The van der Waals surface area contributed by atoms with Crippen molar-refractivity contribution in [1.29, 1.82) is 0 Å². The van der Waals surface area contributed by atoms with Crippen LogP contribution in [0.1, 0.15) is 13.3 Å². The van der Waals surface area contributed by atoms with Gasteiger partial charge in [-0.1, -0.05) is 6.92 Å². The van der Waals surface area contributed by atoms with Crippen LogP contribution in [-0.4, -0.2) is 74.0 Å². The maximum atomic E-state index is 11.9. The van der Waals surface area contributed by atoms with E-state index >= 15 is 0 Å². The number of hydrogen-bond donors (Lipinski definition) is 2. The van der Waals surface area contributed by atoms with Gasteiger partial charge in [-0.25, -0.2) is 0 Å². The minimum atomic E-state index is -0.447. The summed E-state index contributed by atoms with van der Waals surface area (Å²) in [4.78, 5) is 27.7. The molecule has 0 aromatic rings. The van der Waals surface area contributed by atoms with Crippen LogP contribution in [0, 0.1) is 5.92 Å². The van der Waals surface area contributed by atoms with Crippen LogP contribution in [0.15, 0.2) is 0 Å². The molecule has 6 heteroatoms. The van der Waals surface area contributed by atoms with Gasteiger partial charge < -0.3 is 20.4 Å². The van der Waals surface area contributed by atoms with Gasteiger partial charge in [0.25, 0.3) is 0 Å². The molecule has 2 fully saturated rings. The summed E-state index contributed by atoms with van der Waals surface area (Å²) in [5.74, 6) is -0.344. The standard InChI is InChI=1S/C13H24N4O2/c1-2-16-6-3-11(10-16)9-15-12(18)13(19)17-7-4-14-5-8-17/h11,14H,2-10H2,1H3,(H,15,18). The first kappa shape index (κ1) is 14.3. The first-order valence-corrected chi connectivity index (χ1v) is 7.21. The van der Waals surface area contributed by atoms with Gasteiger partial charge in [-0.15, -0.1) is 0 Å². The molecule has 0 aromatic heterocycles. The summed E-state index contributed by atoms with van der Waals surface area (Å²) in [6.07, 6.45) is 1.11. The number of hydrogen-bond acceptors (Lipinski definition) is 4. The average Bonchev–Trinajstić information content (AvgIpc) is 2.93. The Morgan fingerprint density at radius 2 is 2.00 bits per heavy atom. The maximum Gasteiger partial charge on any atom is 0.311 e. The van der Waals surface area contributed by atoms with E-state index in [1.165, 1.54) is 0 Å². The van der Waals surface area contributed by atoms with Crippen molar-refractivity contribution < 1.29 is 9.59 Å². The summed E-state index contributed by atoms with van der Waals surface area (Å²) in [6, 6.07) is 0. The van der Waals surface area contributed by atoms with Crippen LogP contribution in [0.25, 0.3) is 0 Å². The zero-order valence-corrected chi connectivity index (χ0v) is 11.7. The zero-order chi connectivity index (χ0) is 13.7. The number of likely N-dealkylation sites (tertiary alicyclic amines) is 1. The second-order valence-corrected chi connectivity index (χ2v) is 5.30. The third kappa shape index (κ3) is 3.91. The second-order valence-electron chi connectivity index (χ2n) is 5.30. The Kier molecular flexibility index (Phi) is 5.15. The Balaban J connectivity index is 1.70. The molecule has 108 valence electrons. The second kappa shape index (κ2) is 6.86. The monoisotopic (exact) mass is 268 g/mol. The van der Waals surface area contributed by atoms with Gasteiger partial charge in [-0.05, 0) is 25.4 Å². The summed E-state index contributed by atoms with van der Waals surface area (Å²) in [5, 5.41) is 5.95. The van der Waals surface area contributed by atoms with Gasteiger partial charge in [0.2, 0.25) is 0 Å². The molecule has 6 nitrogen and oxygen atoms in total. The Labute approximate surface area is 114 Å². The highest BCUT2D eigenvalue weighted by atomic mass is 16.2. The van der Waals surface area contributed by atoms with E-state index in [9.17, 15) is 9.59 Å². The molecule has 0 bridgehead atoms. The molecule has 0 saturated carbocycles. The van der Waals surface area contributed by atoms with E-state index in [0.717, 1.165) is 39.1 Å². The SMILES string of the molecule is CCN1CCC(CNC(=O)C(=O)N2CCNCC2)C1. The van der Waals surface area contributed by atoms with E-state index in [2.05, 4.69) is 22.5 Å². The molecule has 0 aliphatic carbocycles. The molecule has 19 heavy (non-hydrogen) atoms. The number of piperazine rings is 1. The number of nitrogens with one attached hydrogen (secondary N) is 2. The fourth-order valence-electron chi connectivity index (χ4n) is 2.69. The van der Waals surface area contributed by atoms with Crippen LogP contribution in [0.3, 0.4) is 0 Å². The molecule has 2 heterocycles. The van der Waals surface area contributed by atoms with Crippen LogP contribution in [-0.2, 0) is 9.59 Å². The van der Waals surface area contributed by atoms with Gasteiger partial charge in [-0.2, -0.15) is 0 Å². The van der Waals surface area contributed by atoms with Gasteiger partial charge in [0.15, 0.2) is 0 Å². The minimum Gasteiger partial charge on any atom is -0.348 e. The highest BCUT2D eigenvalue weighted by molar-refractivity contribution is 6.35. The predicted octanol–water partition coefficient (Wildman–Crippen LogP) is -1.12. The summed E-state index contributed by atoms with van der Waals surface area (Å²) in [5.41, 5.74) is 0. The average molecular weight is 268 g/mol. The van der Waals surface area contributed by atoms with Crippen molar-refractivity contribution in [2.75, 3.05) is 52.4 Å². The number of amides is 2. The van der Waals surface area contributed by atoms with E-state index in [4.69, 9.17) is 0 Å². The molecule has 0 aromatic carbocycles. The van der Waals surface area contributed by atoms with Gasteiger partial charge in [0, 0.05) is 39.3 Å². The lowest BCUT2D eigenvalue weighted by molar-refractivity contribution is -0.146. The van der Waals surface area contributed by atoms with Crippen LogP contribution in [0.4, 0.5) is 0 Å². The lowest BCUT2D eigenvalue weighted by Crippen LogP contribution is -2.51. The summed E-state index contributed by atoms with van der Waals surface area (Å²) in [6.45, 7) is 8.74. The van der Waals surface area contributed by atoms with E-state index in [-0.39, 0.29) is 5.91 Å². The minimum absolute atomic E-state index is 0.383. The van der Waals surface area contributed by atoms with Gasteiger partial charge in [-0.3, -0.25) is 9.59 Å². The molecule has 2 N–H and O–H groups in total. The van der Waals surface area contributed by atoms with Crippen LogP contribution >= 0.6 is 0 Å². The fraction of sp³-hybridized carbons (Fsp3) is 0.846. The van der Waals surface area contributed by atoms with Crippen molar-refractivity contribution in [1.82, 2.24) is 20.4 Å². The normalized spacial score (nSPS) is 24.5. The van der Waals surface area contributed by atoms with Crippen molar-refractivity contribution in [3.63, 3.8) is 0 Å². The molecular weight excluding hydrogens is 244 g/mol. The molecule has 2 aliphatic heterocycles. The summed E-state index contributed by atoms with van der Waals surface area (Å²) < 4.78 is 0. The van der Waals surface area contributed by atoms with E-state index in [1.807, 2.05) is 0 Å². The molecule has 1 unspecified atom stereocenters. The number of carbonyl (C=O) groups excluding carboxylic acids is 2. The molecular formula is C13H24N4O2. The molecule has 2 saturated heterocycles. The molecule has 2 rings (SSSR count). The Bertz CT molecular complexity index is 329. The van der Waals surface area contributed by atoms with E-state index in [1.54, 1.807) is 4.90 Å². The van der Waals surface area contributed by atoms with Gasteiger partial charge >= 0.3 is 11.8 Å². The van der Waals surface area contributed by atoms with E-state index in [0.29, 0.717) is 25.6 Å². The van der Waals surface area contributed by atoms with Crippen molar-refractivity contribution in [2.24, 2.45) is 5.92 Å². The fourth-order valence-corrected chi connectivity index (χ4v) is 2.69. The molecule has 2 aliphatic rings. The molecule has 0 radical (unpaired) electrons. The lowest BCUT2D eigenvalue weighted by atomic mass is 10.1. The molecule has 2 amide bonds. The first-order valence-electron chi connectivity index (χ1n) is 7.21. The Morgan fingerprint density at radius 3 is 2.63 bits per heavy atom. The predicted molar refractivity (Wildman–Crippen MR) is 72.7 cm³/mol. The van der Waals surface area contributed by atoms with E-state index < -0.39 is 5.91 Å². The third-order valence-corrected chi connectivity index (χ3v) is 3.97. The highest BCUT2D eigenvalue weighted by Gasteiger charge is 2.25. The highest BCUT2D eigenvalue weighted by Crippen LogP contribution is 2.14. The van der Waals surface area contributed by atoms with Crippen molar-refractivity contribution in [3.8, 4) is 0 Å². The lowest BCUT2D eigenvalue weighted by Gasteiger charge is -2.26. The van der Waals surface area contributed by atoms with Crippen molar-refractivity contribution >= 4 is 11.8 Å². The zero-order valence-electron chi connectivity index (χ0n) is 11.7. The summed E-state index contributed by atoms with van der Waals surface area (Å²) in [7, 11) is 0. The van der Waals surface area contributed by atoms with Crippen LogP contribution in [0.5, 0.6) is 0 Å². The molecule has 1 atom stereocenters. The van der Waals surface area contributed by atoms with Gasteiger partial charge in [0.1, 0.15) is 0 Å². The smallest absolute Gasteiger partial charge is 0.311 e. The van der Waals surface area contributed by atoms with Gasteiger partial charge in [0.05, 0.1) is 0 Å². The largest absolute Gasteiger partial charge is 0.348 e. The van der Waals surface area contributed by atoms with Crippen molar-refractivity contribution in [3.05, 3.63) is 0 Å². The Morgan fingerprint density at radius 1 is 1.26 bits per heavy atom. The Hall–Kier alpha value is -1.14. The van der Waals surface area contributed by atoms with Crippen molar-refractivity contribution in [2.45, 2.75) is 13.3 Å².